The van der Waals surface area contributed by atoms with Crippen LogP contribution < -0.4 is 0 Å². The summed E-state index contributed by atoms with van der Waals surface area (Å²) in [5.74, 6) is 1.82. The van der Waals surface area contributed by atoms with E-state index in [-0.39, 0.29) is 0 Å². The summed E-state index contributed by atoms with van der Waals surface area (Å²) in [4.78, 5) is 0.544. The first-order valence-corrected chi connectivity index (χ1v) is 2.72. The third-order valence-corrected chi connectivity index (χ3v) is 0.996. The predicted octanol–water partition coefficient (Wildman–Crippen LogP) is 1.94. The van der Waals surface area contributed by atoms with Crippen LogP contribution in [-0.2, 0) is 0 Å². The van der Waals surface area contributed by atoms with Crippen LogP contribution in [0.15, 0.2) is 11.5 Å². The van der Waals surface area contributed by atoms with Crippen LogP contribution in [0.25, 0.3) is 0 Å². The van der Waals surface area contributed by atoms with Gasteiger partial charge in [-0.05, 0) is 0 Å². The quantitative estimate of drug-likeness (QED) is 0.510. The first-order valence-electron chi connectivity index (χ1n) is 1.84. The lowest BCUT2D eigenvalue weighted by molar-refractivity contribution is 1.53. The number of nitrogens with zero attached hydrogens (tertiary/aromatic N) is 1. The molecule has 0 aliphatic carbocycles. The topological polar surface area (TPSA) is 23.8 Å². The Morgan fingerprint density at radius 2 is 2.57 bits per heavy atom. The molecule has 0 spiro atoms. The van der Waals surface area contributed by atoms with Gasteiger partial charge in [-0.1, -0.05) is 13.5 Å². The van der Waals surface area contributed by atoms with E-state index in [1.807, 2.05) is 18.7 Å². The molecule has 0 aromatic heterocycles. The molecule has 0 fully saturated rings. The van der Waals surface area contributed by atoms with Crippen LogP contribution in [0, 0.1) is 17.1 Å². The first kappa shape index (κ1) is 6.58. The molecule has 0 aliphatic heterocycles. The highest BCUT2D eigenvalue weighted by atomic mass is 32.2. The molecule has 37 valence electrons. The molecule has 2 heteroatoms. The van der Waals surface area contributed by atoms with Crippen molar-refractivity contribution in [1.29, 1.82) is 5.26 Å². The summed E-state index contributed by atoms with van der Waals surface area (Å²) in [6.45, 7) is 5.30. The van der Waals surface area contributed by atoms with Gasteiger partial charge >= 0.3 is 0 Å². The average Bonchev–Trinajstić information content (AvgIpc) is 1.68. The van der Waals surface area contributed by atoms with Crippen molar-refractivity contribution < 1.29 is 0 Å². The molecule has 0 aromatic rings. The third kappa shape index (κ3) is 3.41. The highest BCUT2D eigenvalue weighted by Gasteiger charge is 1.84. The van der Waals surface area contributed by atoms with E-state index in [4.69, 9.17) is 5.26 Å². The SMILES string of the molecule is C=C(C#N)S[CH]C. The fourth-order valence-electron chi connectivity index (χ4n) is 0.169. The molecule has 1 radical (unpaired) electrons. The number of nitriles is 1. The molecule has 0 unspecified atom stereocenters. The van der Waals surface area contributed by atoms with Crippen LogP contribution in [0.5, 0.6) is 0 Å². The van der Waals surface area contributed by atoms with Gasteiger partial charge in [0.1, 0.15) is 6.07 Å². The van der Waals surface area contributed by atoms with Crippen molar-refractivity contribution in [2.75, 3.05) is 0 Å². The standard InChI is InChI=1S/C5H6NS/c1-3-7-5(2)4-6/h3H,2H2,1H3. The Kier molecular flexibility index (Phi) is 3.53. The summed E-state index contributed by atoms with van der Waals surface area (Å²) < 4.78 is 0. The van der Waals surface area contributed by atoms with E-state index in [1.54, 1.807) is 0 Å². The van der Waals surface area contributed by atoms with Gasteiger partial charge in [-0.2, -0.15) is 5.26 Å². The third-order valence-electron chi connectivity index (χ3n) is 0.385. The van der Waals surface area contributed by atoms with E-state index < -0.39 is 0 Å². The van der Waals surface area contributed by atoms with E-state index >= 15 is 0 Å². The number of thioether (sulfide) groups is 1. The molecule has 0 heterocycles. The van der Waals surface area contributed by atoms with Gasteiger partial charge in [0.05, 0.1) is 4.91 Å². The molecule has 0 amide bonds. The Bertz CT molecular complexity index is 101. The maximum atomic E-state index is 8.08. The molecule has 0 bridgehead atoms. The summed E-state index contributed by atoms with van der Waals surface area (Å²) >= 11 is 1.35. The normalized spacial score (nSPS) is 7.43. The van der Waals surface area contributed by atoms with E-state index in [0.717, 1.165) is 0 Å². The largest absolute Gasteiger partial charge is 0.192 e. The molecular formula is C5H6NS. The van der Waals surface area contributed by atoms with E-state index in [0.29, 0.717) is 4.91 Å². The minimum atomic E-state index is 0.544. The van der Waals surface area contributed by atoms with Gasteiger partial charge in [0.25, 0.3) is 0 Å². The second-order valence-corrected chi connectivity index (χ2v) is 2.09. The zero-order valence-electron chi connectivity index (χ0n) is 4.14. The molecule has 0 saturated heterocycles. The van der Waals surface area contributed by atoms with Crippen LogP contribution in [-0.4, -0.2) is 0 Å². The lowest BCUT2D eigenvalue weighted by atomic mass is 10.7. The second-order valence-electron chi connectivity index (χ2n) is 0.889. The molecule has 1 nitrogen and oxygen atoms in total. The Morgan fingerprint density at radius 3 is 2.71 bits per heavy atom. The lowest BCUT2D eigenvalue weighted by Crippen LogP contribution is -1.60. The molecule has 0 rings (SSSR count). The van der Waals surface area contributed by atoms with Crippen LogP contribution >= 0.6 is 11.8 Å². The molecule has 7 heavy (non-hydrogen) atoms. The number of hydrogen-bond acceptors (Lipinski definition) is 2. The number of hydrogen-bond donors (Lipinski definition) is 0. The van der Waals surface area contributed by atoms with Crippen molar-refractivity contribution >= 4 is 11.8 Å². The highest BCUT2D eigenvalue weighted by molar-refractivity contribution is 8.05. The monoisotopic (exact) mass is 112 g/mol. The summed E-state index contributed by atoms with van der Waals surface area (Å²) in [5, 5.41) is 8.08. The van der Waals surface area contributed by atoms with Crippen molar-refractivity contribution in [3.8, 4) is 6.07 Å². The van der Waals surface area contributed by atoms with Crippen molar-refractivity contribution in [2.24, 2.45) is 0 Å². The number of allylic oxidation sites excluding steroid dienone is 1. The van der Waals surface area contributed by atoms with Crippen LogP contribution in [0.4, 0.5) is 0 Å². The molecule has 0 aromatic carbocycles. The van der Waals surface area contributed by atoms with E-state index in [2.05, 4.69) is 6.58 Å². The fraction of sp³-hybridized carbons (Fsp3) is 0.200. The summed E-state index contributed by atoms with van der Waals surface area (Å²) in [6.07, 6.45) is 0. The van der Waals surface area contributed by atoms with Crippen molar-refractivity contribution in [3.63, 3.8) is 0 Å². The van der Waals surface area contributed by atoms with Gasteiger partial charge in [0, 0.05) is 5.75 Å². The van der Waals surface area contributed by atoms with Crippen molar-refractivity contribution in [1.82, 2.24) is 0 Å². The van der Waals surface area contributed by atoms with E-state index in [9.17, 15) is 0 Å². The van der Waals surface area contributed by atoms with Crippen LogP contribution in [0.3, 0.4) is 0 Å². The zero-order valence-corrected chi connectivity index (χ0v) is 4.96. The maximum Gasteiger partial charge on any atom is 0.105 e. The van der Waals surface area contributed by atoms with Gasteiger partial charge in [-0.15, -0.1) is 11.8 Å². The zero-order chi connectivity index (χ0) is 5.70. The van der Waals surface area contributed by atoms with Gasteiger partial charge in [0.2, 0.25) is 0 Å². The Morgan fingerprint density at radius 1 is 2.00 bits per heavy atom. The maximum absolute atomic E-state index is 8.08. The minimum absolute atomic E-state index is 0.544. The van der Waals surface area contributed by atoms with Crippen molar-refractivity contribution in [2.45, 2.75) is 6.92 Å². The molecule has 0 N–H and O–H groups in total. The Balaban J connectivity index is 3.24. The fourth-order valence-corrected chi connectivity index (χ4v) is 0.506. The lowest BCUT2D eigenvalue weighted by Gasteiger charge is -1.83. The molecule has 0 aliphatic rings. The predicted molar refractivity (Wildman–Crippen MR) is 32.3 cm³/mol. The highest BCUT2D eigenvalue weighted by Crippen LogP contribution is 2.13. The van der Waals surface area contributed by atoms with Crippen molar-refractivity contribution in [3.05, 3.63) is 17.2 Å². The van der Waals surface area contributed by atoms with Gasteiger partial charge in [-0.3, -0.25) is 0 Å². The molecular weight excluding hydrogens is 106 g/mol. The number of rotatable bonds is 2. The van der Waals surface area contributed by atoms with Gasteiger partial charge < -0.3 is 0 Å². The van der Waals surface area contributed by atoms with Gasteiger partial charge in [0.15, 0.2) is 0 Å². The average molecular weight is 112 g/mol. The van der Waals surface area contributed by atoms with E-state index in [1.165, 1.54) is 11.8 Å². The summed E-state index contributed by atoms with van der Waals surface area (Å²) in [7, 11) is 0. The molecule has 0 saturated carbocycles. The smallest absolute Gasteiger partial charge is 0.105 e. The summed E-state index contributed by atoms with van der Waals surface area (Å²) in [5.41, 5.74) is 0. The van der Waals surface area contributed by atoms with Crippen LogP contribution in [0.2, 0.25) is 0 Å². The molecule has 0 atom stereocenters. The Hall–Kier alpha value is -0.420. The first-order chi connectivity index (χ1) is 3.31. The Labute approximate surface area is 48.0 Å². The minimum Gasteiger partial charge on any atom is -0.192 e. The van der Waals surface area contributed by atoms with Crippen LogP contribution in [0.1, 0.15) is 6.92 Å². The summed E-state index contributed by atoms with van der Waals surface area (Å²) in [6, 6.07) is 1.90. The van der Waals surface area contributed by atoms with Gasteiger partial charge in [-0.25, -0.2) is 0 Å². The second kappa shape index (κ2) is 3.76.